The van der Waals surface area contributed by atoms with Crippen molar-refractivity contribution in [2.75, 3.05) is 5.43 Å². The fourth-order valence-electron chi connectivity index (χ4n) is 2.10. The molecule has 0 aliphatic heterocycles. The van der Waals surface area contributed by atoms with Crippen molar-refractivity contribution in [2.24, 2.45) is 5.10 Å². The first-order valence-corrected chi connectivity index (χ1v) is 8.61. The number of hydrazone groups is 1. The van der Waals surface area contributed by atoms with Gasteiger partial charge in [-0.2, -0.15) is 5.10 Å². The van der Waals surface area contributed by atoms with Crippen molar-refractivity contribution in [3.05, 3.63) is 73.6 Å². The van der Waals surface area contributed by atoms with E-state index in [1.54, 1.807) is 0 Å². The molecule has 1 aromatic heterocycles. The van der Waals surface area contributed by atoms with Crippen molar-refractivity contribution in [2.45, 2.75) is 0 Å². The second-order valence-electron chi connectivity index (χ2n) is 4.86. The number of anilines is 1. The van der Waals surface area contributed by atoms with Gasteiger partial charge >= 0.3 is 0 Å². The SMILES string of the molecule is O=[N+]([O-])c1c(Cl)cc(Cl)cc1C=NNc1nc(-c2ccccc2)cs1. The third kappa shape index (κ3) is 4.14. The molecule has 0 atom stereocenters. The van der Waals surface area contributed by atoms with Crippen LogP contribution in [0.15, 0.2) is 52.9 Å². The molecule has 0 unspecified atom stereocenters. The molecule has 9 heteroatoms. The predicted octanol–water partition coefficient (Wildman–Crippen LogP) is 5.47. The van der Waals surface area contributed by atoms with Crippen LogP contribution < -0.4 is 5.43 Å². The van der Waals surface area contributed by atoms with Gasteiger partial charge in [-0.15, -0.1) is 11.3 Å². The lowest BCUT2D eigenvalue weighted by Crippen LogP contribution is -1.97. The Morgan fingerprint density at radius 2 is 2.00 bits per heavy atom. The standard InChI is InChI=1S/C16H10Cl2N4O2S/c17-12-6-11(15(22(23)24)13(18)7-12)8-19-21-16-20-14(9-25-16)10-4-2-1-3-5-10/h1-9H,(H,20,21). The molecule has 0 spiro atoms. The van der Waals surface area contributed by atoms with Crippen LogP contribution in [-0.4, -0.2) is 16.1 Å². The number of rotatable bonds is 5. The van der Waals surface area contributed by atoms with Crippen LogP contribution in [0.4, 0.5) is 10.8 Å². The number of nitrogens with zero attached hydrogens (tertiary/aromatic N) is 3. The maximum absolute atomic E-state index is 11.1. The maximum atomic E-state index is 11.1. The fraction of sp³-hybridized carbons (Fsp3) is 0. The topological polar surface area (TPSA) is 80.4 Å². The van der Waals surface area contributed by atoms with Gasteiger partial charge in [-0.05, 0) is 12.1 Å². The van der Waals surface area contributed by atoms with Gasteiger partial charge in [0, 0.05) is 16.0 Å². The van der Waals surface area contributed by atoms with E-state index in [0.717, 1.165) is 11.3 Å². The summed E-state index contributed by atoms with van der Waals surface area (Å²) in [7, 11) is 0. The molecule has 3 aromatic rings. The zero-order chi connectivity index (χ0) is 17.8. The van der Waals surface area contributed by atoms with Crippen LogP contribution in [0.5, 0.6) is 0 Å². The van der Waals surface area contributed by atoms with Crippen molar-refractivity contribution in [3.63, 3.8) is 0 Å². The third-order valence-corrected chi connectivity index (χ3v) is 4.43. The largest absolute Gasteiger partial charge is 0.296 e. The summed E-state index contributed by atoms with van der Waals surface area (Å²) in [6.07, 6.45) is 1.29. The van der Waals surface area contributed by atoms with Crippen molar-refractivity contribution < 1.29 is 4.92 Å². The molecule has 0 radical (unpaired) electrons. The van der Waals surface area contributed by atoms with Gasteiger partial charge in [-0.3, -0.25) is 15.5 Å². The molecule has 1 N–H and O–H groups in total. The quantitative estimate of drug-likeness (QED) is 0.354. The van der Waals surface area contributed by atoms with E-state index < -0.39 is 4.92 Å². The summed E-state index contributed by atoms with van der Waals surface area (Å²) in [5.74, 6) is 0. The monoisotopic (exact) mass is 392 g/mol. The third-order valence-electron chi connectivity index (χ3n) is 3.18. The number of halogens is 2. The number of nitro benzene ring substituents is 1. The molecule has 0 saturated carbocycles. The van der Waals surface area contributed by atoms with Gasteiger partial charge in [0.15, 0.2) is 0 Å². The molecule has 0 fully saturated rings. The maximum Gasteiger partial charge on any atom is 0.296 e. The molecular weight excluding hydrogens is 383 g/mol. The van der Waals surface area contributed by atoms with E-state index in [0.29, 0.717) is 5.13 Å². The molecule has 0 aliphatic rings. The highest BCUT2D eigenvalue weighted by Gasteiger charge is 2.18. The zero-order valence-electron chi connectivity index (χ0n) is 12.5. The molecule has 1 heterocycles. The summed E-state index contributed by atoms with van der Waals surface area (Å²) in [6.45, 7) is 0. The Morgan fingerprint density at radius 1 is 1.24 bits per heavy atom. The van der Waals surface area contributed by atoms with Gasteiger partial charge in [0.1, 0.15) is 5.02 Å². The summed E-state index contributed by atoms with van der Waals surface area (Å²) in [5, 5.41) is 17.8. The molecule has 0 saturated heterocycles. The summed E-state index contributed by atoms with van der Waals surface area (Å²) in [4.78, 5) is 15.0. The highest BCUT2D eigenvalue weighted by molar-refractivity contribution is 7.14. The molecule has 6 nitrogen and oxygen atoms in total. The number of thiazole rings is 1. The van der Waals surface area contributed by atoms with Crippen molar-refractivity contribution in [1.29, 1.82) is 0 Å². The first-order valence-electron chi connectivity index (χ1n) is 6.98. The highest BCUT2D eigenvalue weighted by Crippen LogP contribution is 2.31. The molecule has 0 aliphatic carbocycles. The predicted molar refractivity (Wildman–Crippen MR) is 102 cm³/mol. The molecule has 25 heavy (non-hydrogen) atoms. The highest BCUT2D eigenvalue weighted by atomic mass is 35.5. The van der Waals surface area contributed by atoms with Gasteiger partial charge < -0.3 is 0 Å². The molecule has 2 aromatic carbocycles. The molecular formula is C16H10Cl2N4O2S. The minimum absolute atomic E-state index is 0.0421. The lowest BCUT2D eigenvalue weighted by atomic mass is 10.2. The van der Waals surface area contributed by atoms with E-state index in [1.807, 2.05) is 35.7 Å². The second-order valence-corrected chi connectivity index (χ2v) is 6.56. The van der Waals surface area contributed by atoms with Crippen LogP contribution in [0.1, 0.15) is 5.56 Å². The number of nitrogens with one attached hydrogen (secondary N) is 1. The summed E-state index contributed by atoms with van der Waals surface area (Å²) in [6, 6.07) is 12.5. The van der Waals surface area contributed by atoms with E-state index in [9.17, 15) is 10.1 Å². The number of hydrogen-bond acceptors (Lipinski definition) is 6. The van der Waals surface area contributed by atoms with Crippen LogP contribution in [0, 0.1) is 10.1 Å². The molecule has 0 amide bonds. The Kier molecular flexibility index (Phi) is 5.28. The number of aromatic nitrogens is 1. The minimum atomic E-state index is -0.573. The lowest BCUT2D eigenvalue weighted by Gasteiger charge is -2.01. The number of hydrogen-bond donors (Lipinski definition) is 1. The van der Waals surface area contributed by atoms with Gasteiger partial charge in [-0.25, -0.2) is 4.98 Å². The van der Waals surface area contributed by atoms with Crippen LogP contribution >= 0.6 is 34.5 Å². The van der Waals surface area contributed by atoms with E-state index in [4.69, 9.17) is 23.2 Å². The van der Waals surface area contributed by atoms with E-state index in [2.05, 4.69) is 15.5 Å². The van der Waals surface area contributed by atoms with Gasteiger partial charge in [0.05, 0.1) is 22.4 Å². The molecule has 3 rings (SSSR count). The Morgan fingerprint density at radius 3 is 2.72 bits per heavy atom. The Hall–Kier alpha value is -2.48. The van der Waals surface area contributed by atoms with Crippen molar-refractivity contribution >= 4 is 51.6 Å². The number of nitro groups is 1. The van der Waals surface area contributed by atoms with Crippen LogP contribution in [-0.2, 0) is 0 Å². The smallest absolute Gasteiger partial charge is 0.258 e. The Bertz CT molecular complexity index is 945. The summed E-state index contributed by atoms with van der Waals surface area (Å²) >= 11 is 13.1. The first-order chi connectivity index (χ1) is 12.0. The summed E-state index contributed by atoms with van der Waals surface area (Å²) < 4.78 is 0. The van der Waals surface area contributed by atoms with Crippen LogP contribution in [0.25, 0.3) is 11.3 Å². The van der Waals surface area contributed by atoms with Crippen LogP contribution in [0.3, 0.4) is 0 Å². The van der Waals surface area contributed by atoms with E-state index in [-0.39, 0.29) is 21.3 Å². The lowest BCUT2D eigenvalue weighted by molar-refractivity contribution is -0.384. The molecule has 126 valence electrons. The van der Waals surface area contributed by atoms with Gasteiger partial charge in [0.25, 0.3) is 5.69 Å². The zero-order valence-corrected chi connectivity index (χ0v) is 14.8. The molecule has 0 bridgehead atoms. The van der Waals surface area contributed by atoms with Crippen molar-refractivity contribution in [3.8, 4) is 11.3 Å². The Balaban J connectivity index is 1.79. The average molecular weight is 393 g/mol. The summed E-state index contributed by atoms with van der Waals surface area (Å²) in [5.41, 5.74) is 4.52. The first kappa shape index (κ1) is 17.3. The van der Waals surface area contributed by atoms with Gasteiger partial charge in [0.2, 0.25) is 5.13 Å². The average Bonchev–Trinajstić information content (AvgIpc) is 3.03. The normalized spacial score (nSPS) is 11.0. The number of benzene rings is 2. The van der Waals surface area contributed by atoms with Crippen molar-refractivity contribution in [1.82, 2.24) is 4.98 Å². The van der Waals surface area contributed by atoms with Gasteiger partial charge in [-0.1, -0.05) is 53.5 Å². The fourth-order valence-corrected chi connectivity index (χ4v) is 3.35. The minimum Gasteiger partial charge on any atom is -0.258 e. The Labute approximate surface area is 156 Å². The van der Waals surface area contributed by atoms with Crippen LogP contribution in [0.2, 0.25) is 10.0 Å². The van der Waals surface area contributed by atoms with E-state index in [1.165, 1.54) is 29.7 Å². The van der Waals surface area contributed by atoms with E-state index >= 15 is 0 Å². The second kappa shape index (κ2) is 7.60.